The number of carbonyl (C=O) groups is 2. The molecule has 0 saturated heterocycles. The van der Waals surface area contributed by atoms with Crippen LogP contribution in [-0.4, -0.2) is 27.2 Å². The lowest BCUT2D eigenvalue weighted by atomic mass is 9.91. The summed E-state index contributed by atoms with van der Waals surface area (Å²) in [6, 6.07) is 3.86. The number of halogens is 1. The van der Waals surface area contributed by atoms with E-state index >= 15 is 0 Å². The fourth-order valence-electron chi connectivity index (χ4n) is 3.38. The van der Waals surface area contributed by atoms with Crippen LogP contribution in [0.15, 0.2) is 30.3 Å². The van der Waals surface area contributed by atoms with E-state index in [4.69, 9.17) is 16.3 Å². The Hall–Kier alpha value is -2.60. The maximum atomic E-state index is 12.9. The second-order valence-electron chi connectivity index (χ2n) is 8.98. The molecule has 1 aromatic heterocycles. The molecule has 7 heteroatoms. The van der Waals surface area contributed by atoms with Gasteiger partial charge in [-0.3, -0.25) is 9.59 Å². The summed E-state index contributed by atoms with van der Waals surface area (Å²) in [5.41, 5.74) is 2.26. The Morgan fingerprint density at radius 3 is 2.28 bits per heavy atom. The molecule has 2 aromatic rings. The average molecular weight is 416 g/mol. The van der Waals surface area contributed by atoms with E-state index in [0.29, 0.717) is 16.4 Å². The molecule has 0 bridgehead atoms. The van der Waals surface area contributed by atoms with Crippen LogP contribution < -0.4 is 5.32 Å². The molecule has 0 unspecified atom stereocenters. The van der Waals surface area contributed by atoms with Gasteiger partial charge in [0.05, 0.1) is 33.4 Å². The number of esters is 1. The highest BCUT2D eigenvalue weighted by molar-refractivity contribution is 6.30. The summed E-state index contributed by atoms with van der Waals surface area (Å²) in [4.78, 5) is 25.5. The van der Waals surface area contributed by atoms with Crippen LogP contribution in [0, 0.1) is 19.3 Å². The van der Waals surface area contributed by atoms with E-state index in [1.165, 1.54) is 0 Å². The number of hydrogen-bond acceptors (Lipinski definition) is 4. The van der Waals surface area contributed by atoms with E-state index in [0.717, 1.165) is 22.4 Å². The molecule has 1 amide bonds. The third-order valence-electron chi connectivity index (χ3n) is 4.84. The molecule has 1 N–H and O–H groups in total. The maximum Gasteiger partial charge on any atom is 0.316 e. The van der Waals surface area contributed by atoms with Crippen LogP contribution in [0.5, 0.6) is 0 Å². The van der Waals surface area contributed by atoms with E-state index in [1.807, 2.05) is 39.8 Å². The second-order valence-corrected chi connectivity index (χ2v) is 9.42. The first-order valence-corrected chi connectivity index (χ1v) is 9.81. The molecule has 3 rings (SSSR count). The molecule has 0 atom stereocenters. The van der Waals surface area contributed by atoms with Crippen molar-refractivity contribution in [1.82, 2.24) is 15.1 Å². The first-order valence-electron chi connectivity index (χ1n) is 9.43. The molecule has 6 nitrogen and oxygen atoms in total. The van der Waals surface area contributed by atoms with E-state index in [9.17, 15) is 9.59 Å². The van der Waals surface area contributed by atoms with Crippen molar-refractivity contribution in [1.29, 1.82) is 0 Å². The minimum Gasteiger partial charge on any atom is -0.427 e. The second kappa shape index (κ2) is 7.02. The molecule has 1 aliphatic rings. The summed E-state index contributed by atoms with van der Waals surface area (Å²) in [6.07, 6.45) is 3.29. The Kier molecular flexibility index (Phi) is 5.11. The predicted octanol–water partition coefficient (Wildman–Crippen LogP) is 4.35. The first kappa shape index (κ1) is 21.1. The van der Waals surface area contributed by atoms with Crippen molar-refractivity contribution in [3.8, 4) is 5.69 Å². The van der Waals surface area contributed by atoms with E-state index in [2.05, 4.69) is 10.4 Å². The van der Waals surface area contributed by atoms with Crippen molar-refractivity contribution in [3.05, 3.63) is 52.0 Å². The zero-order valence-electron chi connectivity index (χ0n) is 17.8. The van der Waals surface area contributed by atoms with Crippen LogP contribution >= 0.6 is 11.6 Å². The van der Waals surface area contributed by atoms with Gasteiger partial charge in [0.1, 0.15) is 5.76 Å². The lowest BCUT2D eigenvalue weighted by Crippen LogP contribution is -2.40. The molecule has 2 heterocycles. The number of ether oxygens (including phenoxy) is 1. The Balaban J connectivity index is 2.16. The van der Waals surface area contributed by atoms with Crippen LogP contribution in [0.4, 0.5) is 0 Å². The highest BCUT2D eigenvalue weighted by Crippen LogP contribution is 2.38. The molecule has 0 aliphatic carbocycles. The Labute approximate surface area is 175 Å². The van der Waals surface area contributed by atoms with Crippen LogP contribution in [0.25, 0.3) is 11.3 Å². The molecule has 154 valence electrons. The zero-order valence-corrected chi connectivity index (χ0v) is 18.6. The molecule has 1 aromatic carbocycles. The third-order valence-corrected chi connectivity index (χ3v) is 5.03. The number of hydrogen-bond donors (Lipinski definition) is 1. The predicted molar refractivity (Wildman–Crippen MR) is 113 cm³/mol. The maximum absolute atomic E-state index is 12.9. The summed E-state index contributed by atoms with van der Waals surface area (Å²) in [5, 5.41) is 7.71. The monoisotopic (exact) mass is 415 g/mol. The molecule has 1 aliphatic heterocycles. The fraction of sp³-hybridized carbons (Fsp3) is 0.409. The molecule has 0 saturated carbocycles. The number of nitrogens with one attached hydrogen (secondary N) is 1. The number of carbonyl (C=O) groups excluding carboxylic acids is 2. The van der Waals surface area contributed by atoms with Gasteiger partial charge in [0, 0.05) is 6.20 Å². The summed E-state index contributed by atoms with van der Waals surface area (Å²) in [7, 11) is 0. The Morgan fingerprint density at radius 1 is 1.21 bits per heavy atom. The number of rotatable bonds is 3. The zero-order chi connectivity index (χ0) is 21.7. The number of nitrogens with zero attached hydrogens (tertiary/aromatic N) is 2. The molecular formula is C22H26ClN3O3. The van der Waals surface area contributed by atoms with Gasteiger partial charge in [0.15, 0.2) is 0 Å². The lowest BCUT2D eigenvalue weighted by molar-refractivity contribution is -0.149. The summed E-state index contributed by atoms with van der Waals surface area (Å²) >= 11 is 5.99. The van der Waals surface area contributed by atoms with Gasteiger partial charge in [0.25, 0.3) is 5.91 Å². The minimum atomic E-state index is -0.791. The first-order chi connectivity index (χ1) is 13.3. The van der Waals surface area contributed by atoms with Gasteiger partial charge in [-0.15, -0.1) is 0 Å². The fourth-order valence-corrected chi connectivity index (χ4v) is 3.52. The highest BCUT2D eigenvalue weighted by Gasteiger charge is 2.43. The molecular weight excluding hydrogens is 390 g/mol. The Bertz CT molecular complexity index is 1020. The van der Waals surface area contributed by atoms with E-state index in [-0.39, 0.29) is 11.9 Å². The van der Waals surface area contributed by atoms with Gasteiger partial charge in [-0.1, -0.05) is 11.6 Å². The van der Waals surface area contributed by atoms with E-state index in [1.54, 1.807) is 37.8 Å². The van der Waals surface area contributed by atoms with Gasteiger partial charge in [-0.05, 0) is 77.3 Å². The van der Waals surface area contributed by atoms with Gasteiger partial charge in [0.2, 0.25) is 0 Å². The van der Waals surface area contributed by atoms with Crippen molar-refractivity contribution in [2.45, 2.75) is 54.0 Å². The number of aromatic nitrogens is 2. The smallest absolute Gasteiger partial charge is 0.316 e. The molecule has 0 spiro atoms. The van der Waals surface area contributed by atoms with E-state index < -0.39 is 11.0 Å². The van der Waals surface area contributed by atoms with Crippen LogP contribution in [0.1, 0.15) is 51.3 Å². The summed E-state index contributed by atoms with van der Waals surface area (Å²) in [6.45, 7) is 12.9. The number of benzene rings is 1. The van der Waals surface area contributed by atoms with Crippen LogP contribution in [-0.2, 0) is 14.3 Å². The largest absolute Gasteiger partial charge is 0.427 e. The number of amides is 1. The SMILES string of the molecule is Cc1cc(-n2cc(Cl)cn2)cc(C)c1C1=C(OC(=O)C(C)(C)C)C(C)(C)NC1=O. The van der Waals surface area contributed by atoms with Crippen molar-refractivity contribution in [2.24, 2.45) is 5.41 Å². The normalized spacial score (nSPS) is 16.2. The number of aryl methyl sites for hydroxylation is 2. The van der Waals surface area contributed by atoms with Gasteiger partial charge >= 0.3 is 5.97 Å². The lowest BCUT2D eigenvalue weighted by Gasteiger charge is -2.25. The van der Waals surface area contributed by atoms with Crippen molar-refractivity contribution >= 4 is 29.1 Å². The van der Waals surface area contributed by atoms with Gasteiger partial charge < -0.3 is 10.1 Å². The van der Waals surface area contributed by atoms with Crippen LogP contribution in [0.2, 0.25) is 5.02 Å². The standard InChI is InChI=1S/C22H26ClN3O3/c1-12-8-15(26-11-14(23)10-24-26)9-13(2)16(12)17-18(22(6,7)25-19(17)27)29-20(28)21(3,4)5/h8-11H,1-7H3,(H,25,27). The van der Waals surface area contributed by atoms with Gasteiger partial charge in [-0.25, -0.2) is 4.68 Å². The summed E-state index contributed by atoms with van der Waals surface area (Å²) in [5.74, 6) is -0.288. The third kappa shape index (κ3) is 3.94. The Morgan fingerprint density at radius 2 is 1.79 bits per heavy atom. The van der Waals surface area contributed by atoms with Gasteiger partial charge in [-0.2, -0.15) is 5.10 Å². The molecule has 0 fully saturated rings. The van der Waals surface area contributed by atoms with Crippen molar-refractivity contribution < 1.29 is 14.3 Å². The van der Waals surface area contributed by atoms with Crippen molar-refractivity contribution in [3.63, 3.8) is 0 Å². The quantitative estimate of drug-likeness (QED) is 0.756. The van der Waals surface area contributed by atoms with Crippen molar-refractivity contribution in [2.75, 3.05) is 0 Å². The minimum absolute atomic E-state index is 0.257. The highest BCUT2D eigenvalue weighted by atomic mass is 35.5. The van der Waals surface area contributed by atoms with Crippen LogP contribution in [0.3, 0.4) is 0 Å². The summed E-state index contributed by atoms with van der Waals surface area (Å²) < 4.78 is 7.46. The topological polar surface area (TPSA) is 73.2 Å². The average Bonchev–Trinajstić information content (AvgIpc) is 3.09. The molecule has 29 heavy (non-hydrogen) atoms. The molecule has 0 radical (unpaired) electrons.